The van der Waals surface area contributed by atoms with Crippen LogP contribution < -0.4 is 10.1 Å². The lowest BCUT2D eigenvalue weighted by atomic mass is 9.85. The lowest BCUT2D eigenvalue weighted by Gasteiger charge is -2.24. The number of aryl methyl sites for hydroxylation is 1. The van der Waals surface area contributed by atoms with Gasteiger partial charge < -0.3 is 10.1 Å². The molecule has 0 heterocycles. The van der Waals surface area contributed by atoms with Gasteiger partial charge in [-0.25, -0.2) is 0 Å². The van der Waals surface area contributed by atoms with E-state index in [2.05, 4.69) is 60.8 Å². The molecule has 0 aliphatic carbocycles. The number of halogens is 1. The number of amides is 1. The van der Waals surface area contributed by atoms with Gasteiger partial charge in [0.2, 0.25) is 5.91 Å². The van der Waals surface area contributed by atoms with Crippen molar-refractivity contribution in [3.8, 4) is 5.75 Å². The molecule has 2 aromatic carbocycles. The maximum atomic E-state index is 12.4. The number of nitrogens with one attached hydrogen (secondary N) is 1. The molecule has 0 saturated heterocycles. The SMILES string of the molecule is COc1ccc(NC(=O)CCc2ccccc2I)c(C(C)(C)C)c1. The molecule has 3 nitrogen and oxygen atoms in total. The summed E-state index contributed by atoms with van der Waals surface area (Å²) < 4.78 is 6.51. The van der Waals surface area contributed by atoms with Gasteiger partial charge in [0.1, 0.15) is 5.75 Å². The first-order valence-corrected chi connectivity index (χ1v) is 9.11. The number of carbonyl (C=O) groups is 1. The van der Waals surface area contributed by atoms with Gasteiger partial charge in [0.25, 0.3) is 0 Å². The number of benzene rings is 2. The molecule has 24 heavy (non-hydrogen) atoms. The van der Waals surface area contributed by atoms with Crippen LogP contribution in [0.5, 0.6) is 5.75 Å². The van der Waals surface area contributed by atoms with Crippen LogP contribution in [0.2, 0.25) is 0 Å². The van der Waals surface area contributed by atoms with E-state index in [1.165, 1.54) is 9.13 Å². The largest absolute Gasteiger partial charge is 0.497 e. The normalized spacial score (nSPS) is 11.2. The molecular formula is C20H24INO2. The molecule has 0 unspecified atom stereocenters. The molecule has 2 rings (SSSR count). The Balaban J connectivity index is 2.10. The summed E-state index contributed by atoms with van der Waals surface area (Å²) in [6, 6.07) is 14.0. The molecule has 0 fully saturated rings. The molecular weight excluding hydrogens is 413 g/mol. The second-order valence-electron chi connectivity index (χ2n) is 6.80. The summed E-state index contributed by atoms with van der Waals surface area (Å²) in [6.07, 6.45) is 1.21. The molecule has 0 radical (unpaired) electrons. The summed E-state index contributed by atoms with van der Waals surface area (Å²) in [5.41, 5.74) is 3.06. The Labute approximate surface area is 157 Å². The van der Waals surface area contributed by atoms with Gasteiger partial charge in [-0.3, -0.25) is 4.79 Å². The highest BCUT2D eigenvalue weighted by molar-refractivity contribution is 14.1. The molecule has 128 valence electrons. The Morgan fingerprint density at radius 3 is 2.50 bits per heavy atom. The van der Waals surface area contributed by atoms with Crippen molar-refractivity contribution in [1.82, 2.24) is 0 Å². The van der Waals surface area contributed by atoms with E-state index in [0.717, 1.165) is 23.4 Å². The quantitative estimate of drug-likeness (QED) is 0.656. The van der Waals surface area contributed by atoms with Crippen LogP contribution in [-0.2, 0) is 16.6 Å². The van der Waals surface area contributed by atoms with Crippen molar-refractivity contribution in [1.29, 1.82) is 0 Å². The summed E-state index contributed by atoms with van der Waals surface area (Å²) in [7, 11) is 1.65. The fourth-order valence-corrected chi connectivity index (χ4v) is 3.20. The van der Waals surface area contributed by atoms with Crippen molar-refractivity contribution < 1.29 is 9.53 Å². The maximum absolute atomic E-state index is 12.4. The fourth-order valence-electron chi connectivity index (χ4n) is 2.54. The standard InChI is InChI=1S/C20H24INO2/c1-20(2,3)16-13-15(24-4)10-11-18(16)22-19(23)12-9-14-7-5-6-8-17(14)21/h5-8,10-11,13H,9,12H2,1-4H3,(H,22,23). The van der Waals surface area contributed by atoms with E-state index in [4.69, 9.17) is 4.74 Å². The predicted octanol–water partition coefficient (Wildman–Crippen LogP) is 5.17. The third-order valence-corrected chi connectivity index (χ3v) is 4.94. The monoisotopic (exact) mass is 437 g/mol. The van der Waals surface area contributed by atoms with E-state index in [0.29, 0.717) is 6.42 Å². The molecule has 2 aromatic rings. The van der Waals surface area contributed by atoms with Crippen LogP contribution in [-0.4, -0.2) is 13.0 Å². The lowest BCUT2D eigenvalue weighted by molar-refractivity contribution is -0.116. The summed E-state index contributed by atoms with van der Waals surface area (Å²) >= 11 is 2.31. The number of carbonyl (C=O) groups excluding carboxylic acids is 1. The van der Waals surface area contributed by atoms with Crippen molar-refractivity contribution in [3.05, 3.63) is 57.2 Å². The molecule has 0 atom stereocenters. The van der Waals surface area contributed by atoms with Gasteiger partial charge in [-0.2, -0.15) is 0 Å². The topological polar surface area (TPSA) is 38.3 Å². The number of anilines is 1. The van der Waals surface area contributed by atoms with Crippen LogP contribution in [0.25, 0.3) is 0 Å². The van der Waals surface area contributed by atoms with Gasteiger partial charge in [-0.15, -0.1) is 0 Å². The molecule has 1 N–H and O–H groups in total. The summed E-state index contributed by atoms with van der Waals surface area (Å²) in [5, 5.41) is 3.06. The van der Waals surface area contributed by atoms with Gasteiger partial charge in [0.15, 0.2) is 0 Å². The van der Waals surface area contributed by atoms with Crippen LogP contribution in [0.4, 0.5) is 5.69 Å². The van der Waals surface area contributed by atoms with E-state index in [1.54, 1.807) is 7.11 Å². The number of hydrogen-bond donors (Lipinski definition) is 1. The zero-order chi connectivity index (χ0) is 17.7. The lowest BCUT2D eigenvalue weighted by Crippen LogP contribution is -2.19. The summed E-state index contributed by atoms with van der Waals surface area (Å²) in [4.78, 5) is 12.4. The third kappa shape index (κ3) is 4.97. The first kappa shape index (κ1) is 18.8. The van der Waals surface area contributed by atoms with Crippen molar-refractivity contribution in [2.45, 2.75) is 39.0 Å². The van der Waals surface area contributed by atoms with E-state index < -0.39 is 0 Å². The first-order valence-electron chi connectivity index (χ1n) is 8.03. The van der Waals surface area contributed by atoms with Crippen LogP contribution >= 0.6 is 22.6 Å². The van der Waals surface area contributed by atoms with Gasteiger partial charge in [0, 0.05) is 15.7 Å². The van der Waals surface area contributed by atoms with Crippen molar-refractivity contribution in [2.75, 3.05) is 12.4 Å². The van der Waals surface area contributed by atoms with Gasteiger partial charge in [0.05, 0.1) is 7.11 Å². The Morgan fingerprint density at radius 1 is 1.17 bits per heavy atom. The minimum Gasteiger partial charge on any atom is -0.497 e. The zero-order valence-electron chi connectivity index (χ0n) is 14.7. The molecule has 0 spiro atoms. The highest BCUT2D eigenvalue weighted by atomic mass is 127. The average Bonchev–Trinajstić information content (AvgIpc) is 2.53. The van der Waals surface area contributed by atoms with E-state index in [9.17, 15) is 4.79 Å². The molecule has 1 amide bonds. The van der Waals surface area contributed by atoms with Crippen LogP contribution in [0.1, 0.15) is 38.3 Å². The Bertz CT molecular complexity index is 720. The molecule has 4 heteroatoms. The number of hydrogen-bond acceptors (Lipinski definition) is 2. The van der Waals surface area contributed by atoms with E-state index in [1.807, 2.05) is 30.3 Å². The second-order valence-corrected chi connectivity index (χ2v) is 7.96. The smallest absolute Gasteiger partial charge is 0.224 e. The Hall–Kier alpha value is -1.56. The molecule has 0 aliphatic rings. The minimum atomic E-state index is -0.0774. The average molecular weight is 437 g/mol. The van der Waals surface area contributed by atoms with Gasteiger partial charge in [-0.05, 0) is 69.8 Å². The van der Waals surface area contributed by atoms with Gasteiger partial charge in [-0.1, -0.05) is 39.0 Å². The molecule has 0 aromatic heterocycles. The number of methoxy groups -OCH3 is 1. The van der Waals surface area contributed by atoms with E-state index in [-0.39, 0.29) is 11.3 Å². The minimum absolute atomic E-state index is 0.0327. The summed E-state index contributed by atoms with van der Waals surface area (Å²) in [5.74, 6) is 0.835. The fraction of sp³-hybridized carbons (Fsp3) is 0.350. The Kier molecular flexibility index (Phi) is 6.27. The summed E-state index contributed by atoms with van der Waals surface area (Å²) in [6.45, 7) is 6.39. The highest BCUT2D eigenvalue weighted by Gasteiger charge is 2.20. The first-order chi connectivity index (χ1) is 11.3. The third-order valence-electron chi connectivity index (χ3n) is 3.89. The van der Waals surface area contributed by atoms with Crippen molar-refractivity contribution in [2.24, 2.45) is 0 Å². The van der Waals surface area contributed by atoms with Crippen molar-refractivity contribution in [3.63, 3.8) is 0 Å². The molecule has 0 aliphatic heterocycles. The maximum Gasteiger partial charge on any atom is 0.224 e. The second kappa shape index (κ2) is 8.01. The number of rotatable bonds is 5. The predicted molar refractivity (Wildman–Crippen MR) is 108 cm³/mol. The van der Waals surface area contributed by atoms with Crippen LogP contribution in [0, 0.1) is 3.57 Å². The van der Waals surface area contributed by atoms with Crippen LogP contribution in [0.3, 0.4) is 0 Å². The molecule has 0 bridgehead atoms. The Morgan fingerprint density at radius 2 is 1.88 bits per heavy atom. The van der Waals surface area contributed by atoms with E-state index >= 15 is 0 Å². The zero-order valence-corrected chi connectivity index (χ0v) is 16.8. The van der Waals surface area contributed by atoms with Gasteiger partial charge >= 0.3 is 0 Å². The molecule has 0 saturated carbocycles. The van der Waals surface area contributed by atoms with Crippen LogP contribution in [0.15, 0.2) is 42.5 Å². The highest BCUT2D eigenvalue weighted by Crippen LogP contribution is 2.32. The van der Waals surface area contributed by atoms with Crippen molar-refractivity contribution >= 4 is 34.2 Å². The number of ether oxygens (including phenoxy) is 1.